The fourth-order valence-corrected chi connectivity index (χ4v) is 2.87. The first-order chi connectivity index (χ1) is 10.2. The third-order valence-corrected chi connectivity index (χ3v) is 3.86. The molecule has 0 atom stereocenters. The molecule has 110 valence electrons. The van der Waals surface area contributed by atoms with Gasteiger partial charge < -0.3 is 5.32 Å². The van der Waals surface area contributed by atoms with Crippen molar-refractivity contribution in [2.45, 2.75) is 38.1 Å². The number of carbonyl (C=O) groups excluding carboxylic acids is 1. The van der Waals surface area contributed by atoms with Crippen LogP contribution in [-0.2, 0) is 11.2 Å². The van der Waals surface area contributed by atoms with E-state index in [1.807, 2.05) is 10.7 Å². The number of amides is 1. The van der Waals surface area contributed by atoms with Crippen LogP contribution in [0.15, 0.2) is 36.5 Å². The van der Waals surface area contributed by atoms with E-state index in [4.69, 9.17) is 0 Å². The van der Waals surface area contributed by atoms with Crippen LogP contribution >= 0.6 is 0 Å². The minimum absolute atomic E-state index is 0.152. The second-order valence-corrected chi connectivity index (χ2v) is 5.45. The van der Waals surface area contributed by atoms with Gasteiger partial charge in [0.25, 0.3) is 0 Å². The number of rotatable bonds is 4. The Kier molecular flexibility index (Phi) is 3.99. The largest absolute Gasteiger partial charge is 0.311 e. The molecular formula is C16H18FN3O. The first-order valence-corrected chi connectivity index (χ1v) is 7.30. The number of hydrogen-bond donors (Lipinski definition) is 1. The molecule has 1 heterocycles. The van der Waals surface area contributed by atoms with E-state index in [1.54, 1.807) is 18.3 Å². The standard InChI is InChI=1S/C16H18FN3O/c17-13-5-3-4-12(10-13)11-16(21)19-15-8-9-18-20(15)14-6-1-2-7-14/h3-5,8-10,14H,1-2,6-7,11H2,(H,19,21). The predicted molar refractivity (Wildman–Crippen MR) is 78.5 cm³/mol. The van der Waals surface area contributed by atoms with Crippen molar-refractivity contribution in [3.63, 3.8) is 0 Å². The molecule has 0 aliphatic heterocycles. The first-order valence-electron chi connectivity index (χ1n) is 7.30. The van der Waals surface area contributed by atoms with E-state index in [0.29, 0.717) is 11.6 Å². The zero-order chi connectivity index (χ0) is 14.7. The number of nitrogens with zero attached hydrogens (tertiary/aromatic N) is 2. The van der Waals surface area contributed by atoms with Gasteiger partial charge >= 0.3 is 0 Å². The molecule has 0 unspecified atom stereocenters. The summed E-state index contributed by atoms with van der Waals surface area (Å²) in [4.78, 5) is 12.1. The maximum absolute atomic E-state index is 13.1. The van der Waals surface area contributed by atoms with Gasteiger partial charge in [-0.2, -0.15) is 5.10 Å². The third-order valence-electron chi connectivity index (χ3n) is 3.86. The number of nitrogens with one attached hydrogen (secondary N) is 1. The number of hydrogen-bond acceptors (Lipinski definition) is 2. The molecule has 3 rings (SSSR count). The first kappa shape index (κ1) is 13.8. The highest BCUT2D eigenvalue weighted by molar-refractivity contribution is 5.91. The van der Waals surface area contributed by atoms with Crippen LogP contribution in [0.4, 0.5) is 10.2 Å². The van der Waals surface area contributed by atoms with Crippen LogP contribution in [0.1, 0.15) is 37.3 Å². The summed E-state index contributed by atoms with van der Waals surface area (Å²) in [5, 5.41) is 7.19. The summed E-state index contributed by atoms with van der Waals surface area (Å²) in [5.41, 5.74) is 0.666. The number of benzene rings is 1. The van der Waals surface area contributed by atoms with E-state index in [2.05, 4.69) is 10.4 Å². The van der Waals surface area contributed by atoms with Crippen molar-refractivity contribution in [2.75, 3.05) is 5.32 Å². The summed E-state index contributed by atoms with van der Waals surface area (Å²) in [6, 6.07) is 8.30. The maximum Gasteiger partial charge on any atom is 0.229 e. The van der Waals surface area contributed by atoms with Gasteiger partial charge in [0.15, 0.2) is 0 Å². The summed E-state index contributed by atoms with van der Waals surface area (Å²) >= 11 is 0. The molecule has 21 heavy (non-hydrogen) atoms. The molecule has 0 saturated heterocycles. The van der Waals surface area contributed by atoms with Crippen molar-refractivity contribution in [1.82, 2.24) is 9.78 Å². The summed E-state index contributed by atoms with van der Waals surface area (Å²) in [5.74, 6) is 0.250. The van der Waals surface area contributed by atoms with E-state index >= 15 is 0 Å². The Balaban J connectivity index is 1.66. The van der Waals surface area contributed by atoms with E-state index < -0.39 is 0 Å². The van der Waals surface area contributed by atoms with Gasteiger partial charge in [0, 0.05) is 6.07 Å². The Labute approximate surface area is 123 Å². The fourth-order valence-electron chi connectivity index (χ4n) is 2.87. The summed E-state index contributed by atoms with van der Waals surface area (Å²) < 4.78 is 15.0. The normalized spacial score (nSPS) is 15.3. The molecule has 2 aromatic rings. The van der Waals surface area contributed by atoms with Crippen LogP contribution in [0.3, 0.4) is 0 Å². The molecule has 1 N–H and O–H groups in total. The van der Waals surface area contributed by atoms with Crippen molar-refractivity contribution in [3.8, 4) is 0 Å². The second-order valence-electron chi connectivity index (χ2n) is 5.45. The molecular weight excluding hydrogens is 269 g/mol. The lowest BCUT2D eigenvalue weighted by Crippen LogP contribution is -2.19. The van der Waals surface area contributed by atoms with Gasteiger partial charge in [-0.3, -0.25) is 4.79 Å². The number of anilines is 1. The lowest BCUT2D eigenvalue weighted by atomic mass is 10.1. The molecule has 1 aromatic heterocycles. The summed E-state index contributed by atoms with van der Waals surface area (Å²) in [7, 11) is 0. The van der Waals surface area contributed by atoms with Gasteiger partial charge in [0.05, 0.1) is 18.7 Å². The van der Waals surface area contributed by atoms with Gasteiger partial charge in [-0.15, -0.1) is 0 Å². The van der Waals surface area contributed by atoms with Crippen molar-refractivity contribution >= 4 is 11.7 Å². The van der Waals surface area contributed by atoms with Gasteiger partial charge in [-0.25, -0.2) is 9.07 Å². The Bertz CT molecular complexity index is 632. The molecule has 1 amide bonds. The van der Waals surface area contributed by atoms with Gasteiger partial charge in [-0.1, -0.05) is 25.0 Å². The molecule has 0 radical (unpaired) electrons. The topological polar surface area (TPSA) is 46.9 Å². The van der Waals surface area contributed by atoms with E-state index in [-0.39, 0.29) is 18.1 Å². The Morgan fingerprint density at radius 2 is 2.14 bits per heavy atom. The van der Waals surface area contributed by atoms with Crippen LogP contribution in [0.25, 0.3) is 0 Å². The van der Waals surface area contributed by atoms with Crippen LogP contribution < -0.4 is 5.32 Å². The van der Waals surface area contributed by atoms with Crippen LogP contribution in [-0.4, -0.2) is 15.7 Å². The molecule has 1 aliphatic rings. The Morgan fingerprint density at radius 3 is 2.90 bits per heavy atom. The van der Waals surface area contributed by atoms with Gasteiger partial charge in [0.2, 0.25) is 5.91 Å². The minimum Gasteiger partial charge on any atom is -0.311 e. The van der Waals surface area contributed by atoms with E-state index in [9.17, 15) is 9.18 Å². The smallest absolute Gasteiger partial charge is 0.229 e. The molecule has 0 bridgehead atoms. The van der Waals surface area contributed by atoms with Crippen molar-refractivity contribution in [2.24, 2.45) is 0 Å². The summed E-state index contributed by atoms with van der Waals surface area (Å²) in [6.45, 7) is 0. The van der Waals surface area contributed by atoms with Gasteiger partial charge in [-0.05, 0) is 30.5 Å². The maximum atomic E-state index is 13.1. The lowest BCUT2D eigenvalue weighted by Gasteiger charge is -2.14. The summed E-state index contributed by atoms with van der Waals surface area (Å²) in [6.07, 6.45) is 6.50. The Hall–Kier alpha value is -2.17. The van der Waals surface area contributed by atoms with Crippen LogP contribution in [0, 0.1) is 5.82 Å². The van der Waals surface area contributed by atoms with Crippen LogP contribution in [0.5, 0.6) is 0 Å². The minimum atomic E-state index is -0.323. The molecule has 1 saturated carbocycles. The molecule has 1 aliphatic carbocycles. The van der Waals surface area contributed by atoms with Crippen LogP contribution in [0.2, 0.25) is 0 Å². The number of aromatic nitrogens is 2. The average molecular weight is 287 g/mol. The quantitative estimate of drug-likeness (QED) is 0.937. The molecule has 5 heteroatoms. The van der Waals surface area contributed by atoms with E-state index in [1.165, 1.54) is 25.0 Å². The highest BCUT2D eigenvalue weighted by atomic mass is 19.1. The SMILES string of the molecule is O=C(Cc1cccc(F)c1)Nc1ccnn1C1CCCC1. The Morgan fingerprint density at radius 1 is 1.33 bits per heavy atom. The number of carbonyl (C=O) groups is 1. The highest BCUT2D eigenvalue weighted by Gasteiger charge is 2.20. The van der Waals surface area contributed by atoms with Crippen molar-refractivity contribution in [1.29, 1.82) is 0 Å². The third kappa shape index (κ3) is 3.29. The zero-order valence-electron chi connectivity index (χ0n) is 11.8. The average Bonchev–Trinajstić information content (AvgIpc) is 3.08. The number of halogens is 1. The van der Waals surface area contributed by atoms with Crippen molar-refractivity contribution < 1.29 is 9.18 Å². The monoisotopic (exact) mass is 287 g/mol. The highest BCUT2D eigenvalue weighted by Crippen LogP contribution is 2.31. The lowest BCUT2D eigenvalue weighted by molar-refractivity contribution is -0.115. The molecule has 0 spiro atoms. The molecule has 1 aromatic carbocycles. The van der Waals surface area contributed by atoms with Gasteiger partial charge in [0.1, 0.15) is 11.6 Å². The molecule has 4 nitrogen and oxygen atoms in total. The zero-order valence-corrected chi connectivity index (χ0v) is 11.8. The van der Waals surface area contributed by atoms with E-state index in [0.717, 1.165) is 18.7 Å². The molecule has 1 fully saturated rings. The fraction of sp³-hybridized carbons (Fsp3) is 0.375. The predicted octanol–water partition coefficient (Wildman–Crippen LogP) is 3.32. The van der Waals surface area contributed by atoms with Crippen molar-refractivity contribution in [3.05, 3.63) is 47.9 Å². The second kappa shape index (κ2) is 6.08.